The third-order valence-electron chi connectivity index (χ3n) is 3.86. The minimum Gasteiger partial charge on any atom is -0.339 e. The summed E-state index contributed by atoms with van der Waals surface area (Å²) < 4.78 is 26.7. The Morgan fingerprint density at radius 1 is 1.33 bits per heavy atom. The number of rotatable bonds is 5. The summed E-state index contributed by atoms with van der Waals surface area (Å²) in [6, 6.07) is 0.291. The number of alkyl halides is 2. The van der Waals surface area contributed by atoms with Crippen LogP contribution in [0, 0.1) is 5.92 Å². The molecular weight excluding hydrogens is 238 g/mol. The number of amides is 1. The van der Waals surface area contributed by atoms with Gasteiger partial charge in [-0.15, -0.1) is 0 Å². The average molecular weight is 260 g/mol. The van der Waals surface area contributed by atoms with Crippen molar-refractivity contribution in [3.8, 4) is 0 Å². The zero-order valence-electron chi connectivity index (χ0n) is 10.7. The van der Waals surface area contributed by atoms with Gasteiger partial charge in [-0.25, -0.2) is 8.78 Å². The van der Waals surface area contributed by atoms with Crippen LogP contribution in [0.1, 0.15) is 44.9 Å². The normalized spacial score (nSPS) is 26.9. The summed E-state index contributed by atoms with van der Waals surface area (Å²) in [5.41, 5.74) is 5.46. The number of nitrogens with two attached hydrogens (primary N) is 1. The van der Waals surface area contributed by atoms with Crippen LogP contribution in [0.2, 0.25) is 0 Å². The second-order valence-electron chi connectivity index (χ2n) is 5.55. The van der Waals surface area contributed by atoms with Crippen LogP contribution in [0.25, 0.3) is 0 Å². The fraction of sp³-hybridized carbons (Fsp3) is 0.923. The summed E-state index contributed by atoms with van der Waals surface area (Å²) in [4.78, 5) is 14.1. The van der Waals surface area contributed by atoms with E-state index in [1.807, 2.05) is 0 Å². The van der Waals surface area contributed by atoms with Crippen LogP contribution >= 0.6 is 0 Å². The lowest BCUT2D eigenvalue weighted by atomic mass is 9.85. The number of carbonyl (C=O) groups is 1. The minimum atomic E-state index is -2.65. The van der Waals surface area contributed by atoms with E-state index in [1.54, 1.807) is 4.90 Å². The van der Waals surface area contributed by atoms with Gasteiger partial charge in [0.05, 0.1) is 0 Å². The summed E-state index contributed by atoms with van der Waals surface area (Å²) in [5.74, 6) is -3.20. The molecule has 2 aliphatic carbocycles. The molecule has 1 amide bonds. The number of halogens is 2. The first kappa shape index (κ1) is 13.7. The number of hydrogen-bond donors (Lipinski definition) is 1. The van der Waals surface area contributed by atoms with E-state index in [0.29, 0.717) is 32.0 Å². The summed E-state index contributed by atoms with van der Waals surface area (Å²) in [7, 11) is 0. The average Bonchev–Trinajstić information content (AvgIpc) is 3.12. The first-order valence-corrected chi connectivity index (χ1v) is 6.92. The molecule has 0 bridgehead atoms. The van der Waals surface area contributed by atoms with Gasteiger partial charge in [-0.2, -0.15) is 0 Å². The van der Waals surface area contributed by atoms with Gasteiger partial charge in [-0.05, 0) is 38.6 Å². The SMILES string of the molecule is NCCCN(C(=O)C1CCCC(F)(F)C1)C1CC1. The van der Waals surface area contributed by atoms with Gasteiger partial charge in [0.1, 0.15) is 0 Å². The Morgan fingerprint density at radius 3 is 2.61 bits per heavy atom. The lowest BCUT2D eigenvalue weighted by Gasteiger charge is -2.32. The lowest BCUT2D eigenvalue weighted by molar-refractivity contribution is -0.143. The van der Waals surface area contributed by atoms with Crippen molar-refractivity contribution in [2.24, 2.45) is 11.7 Å². The van der Waals surface area contributed by atoms with Gasteiger partial charge < -0.3 is 10.6 Å². The summed E-state index contributed by atoms with van der Waals surface area (Å²) in [6.45, 7) is 1.17. The van der Waals surface area contributed by atoms with Crippen molar-refractivity contribution in [1.82, 2.24) is 4.90 Å². The Hall–Kier alpha value is -0.710. The maximum atomic E-state index is 13.4. The number of carbonyl (C=O) groups excluding carboxylic acids is 1. The molecule has 3 nitrogen and oxygen atoms in total. The van der Waals surface area contributed by atoms with Crippen molar-refractivity contribution >= 4 is 5.91 Å². The van der Waals surface area contributed by atoms with E-state index in [4.69, 9.17) is 5.73 Å². The van der Waals surface area contributed by atoms with Crippen LogP contribution in [-0.4, -0.2) is 35.9 Å². The Balaban J connectivity index is 1.94. The van der Waals surface area contributed by atoms with Crippen LogP contribution < -0.4 is 5.73 Å². The molecule has 104 valence electrons. The van der Waals surface area contributed by atoms with Gasteiger partial charge in [-0.3, -0.25) is 4.79 Å². The van der Waals surface area contributed by atoms with Crippen LogP contribution in [0.4, 0.5) is 8.78 Å². The molecule has 2 fully saturated rings. The summed E-state index contributed by atoms with van der Waals surface area (Å²) in [5, 5.41) is 0. The second-order valence-corrected chi connectivity index (χ2v) is 5.55. The Bertz CT molecular complexity index is 305. The van der Waals surface area contributed by atoms with E-state index >= 15 is 0 Å². The van der Waals surface area contributed by atoms with Gasteiger partial charge in [0.25, 0.3) is 0 Å². The maximum Gasteiger partial charge on any atom is 0.248 e. The van der Waals surface area contributed by atoms with E-state index in [1.165, 1.54) is 0 Å². The molecule has 1 atom stereocenters. The molecule has 0 aliphatic heterocycles. The molecule has 0 aromatic carbocycles. The summed E-state index contributed by atoms with van der Waals surface area (Å²) in [6.07, 6.45) is 3.52. The fourth-order valence-corrected chi connectivity index (χ4v) is 2.74. The Labute approximate surface area is 107 Å². The van der Waals surface area contributed by atoms with Crippen molar-refractivity contribution in [3.05, 3.63) is 0 Å². The van der Waals surface area contributed by atoms with Crippen LogP contribution in [-0.2, 0) is 4.79 Å². The predicted octanol–water partition coefficient (Wildman–Crippen LogP) is 2.15. The van der Waals surface area contributed by atoms with Crippen molar-refractivity contribution in [1.29, 1.82) is 0 Å². The molecule has 5 heteroatoms. The van der Waals surface area contributed by atoms with Crippen LogP contribution in [0.3, 0.4) is 0 Å². The molecule has 0 spiro atoms. The van der Waals surface area contributed by atoms with E-state index in [2.05, 4.69) is 0 Å². The minimum absolute atomic E-state index is 0.0645. The van der Waals surface area contributed by atoms with E-state index < -0.39 is 11.8 Å². The number of hydrogen-bond acceptors (Lipinski definition) is 2. The molecule has 2 rings (SSSR count). The van der Waals surface area contributed by atoms with Gasteiger partial charge in [0.2, 0.25) is 11.8 Å². The van der Waals surface area contributed by atoms with Gasteiger partial charge in [0.15, 0.2) is 0 Å². The van der Waals surface area contributed by atoms with Crippen molar-refractivity contribution < 1.29 is 13.6 Å². The topological polar surface area (TPSA) is 46.3 Å². The first-order valence-electron chi connectivity index (χ1n) is 6.92. The molecule has 0 heterocycles. The van der Waals surface area contributed by atoms with Crippen molar-refractivity contribution in [2.45, 2.75) is 56.9 Å². The monoisotopic (exact) mass is 260 g/mol. The standard InChI is InChI=1S/C13H22F2N2O/c14-13(15)6-1-3-10(9-13)12(18)17(8-2-7-16)11-4-5-11/h10-11H,1-9,16H2. The third-order valence-corrected chi connectivity index (χ3v) is 3.86. The van der Waals surface area contributed by atoms with Gasteiger partial charge >= 0.3 is 0 Å². The fourth-order valence-electron chi connectivity index (χ4n) is 2.74. The largest absolute Gasteiger partial charge is 0.339 e. The molecular formula is C13H22F2N2O. The van der Waals surface area contributed by atoms with Gasteiger partial charge in [-0.1, -0.05) is 0 Å². The van der Waals surface area contributed by atoms with Crippen LogP contribution in [0.5, 0.6) is 0 Å². The van der Waals surface area contributed by atoms with E-state index in [-0.39, 0.29) is 18.7 Å². The number of nitrogens with zero attached hydrogens (tertiary/aromatic N) is 1. The molecule has 2 N–H and O–H groups in total. The van der Waals surface area contributed by atoms with Crippen molar-refractivity contribution in [2.75, 3.05) is 13.1 Å². The Morgan fingerprint density at radius 2 is 2.06 bits per heavy atom. The molecule has 2 aliphatic rings. The smallest absolute Gasteiger partial charge is 0.248 e. The molecule has 1 unspecified atom stereocenters. The van der Waals surface area contributed by atoms with Crippen molar-refractivity contribution in [3.63, 3.8) is 0 Å². The molecule has 0 saturated heterocycles. The highest BCUT2D eigenvalue weighted by Crippen LogP contribution is 2.39. The van der Waals surface area contributed by atoms with Crippen LogP contribution in [0.15, 0.2) is 0 Å². The first-order chi connectivity index (χ1) is 8.53. The predicted molar refractivity (Wildman–Crippen MR) is 65.3 cm³/mol. The second kappa shape index (κ2) is 5.51. The molecule has 2 saturated carbocycles. The third kappa shape index (κ3) is 3.40. The quantitative estimate of drug-likeness (QED) is 0.823. The highest BCUT2D eigenvalue weighted by atomic mass is 19.3. The molecule has 0 radical (unpaired) electrons. The highest BCUT2D eigenvalue weighted by molar-refractivity contribution is 5.79. The summed E-state index contributed by atoms with van der Waals surface area (Å²) >= 11 is 0. The molecule has 0 aromatic rings. The molecule has 0 aromatic heterocycles. The molecule has 18 heavy (non-hydrogen) atoms. The lowest BCUT2D eigenvalue weighted by Crippen LogP contribution is -2.42. The maximum absolute atomic E-state index is 13.4. The highest BCUT2D eigenvalue weighted by Gasteiger charge is 2.42. The zero-order valence-corrected chi connectivity index (χ0v) is 10.7. The van der Waals surface area contributed by atoms with E-state index in [9.17, 15) is 13.6 Å². The Kier molecular flexibility index (Phi) is 4.20. The zero-order chi connectivity index (χ0) is 13.2. The van der Waals surface area contributed by atoms with Gasteiger partial charge in [0, 0.05) is 31.3 Å². The van der Waals surface area contributed by atoms with E-state index in [0.717, 1.165) is 19.3 Å².